The molecule has 88 valence electrons. The lowest BCUT2D eigenvalue weighted by atomic mass is 10.1. The van der Waals surface area contributed by atoms with E-state index in [0.29, 0.717) is 8.98 Å². The molecule has 0 aromatic rings. The van der Waals surface area contributed by atoms with E-state index in [1.165, 1.54) is 0 Å². The second-order valence-electron chi connectivity index (χ2n) is 3.64. The molecule has 0 atom stereocenters. The fourth-order valence-corrected chi connectivity index (χ4v) is 1.52. The molecule has 0 rings (SSSR count). The molecule has 0 spiro atoms. The Morgan fingerprint density at radius 3 is 1.27 bits per heavy atom. The van der Waals surface area contributed by atoms with Crippen LogP contribution in [0.15, 0.2) is 20.1 Å². The monoisotopic (exact) mass is 288 g/mol. The number of unbranched alkanes of at least 4 members (excludes halogenated alkanes) is 2. The zero-order valence-electron chi connectivity index (χ0n) is 9.05. The van der Waals surface area contributed by atoms with E-state index in [-0.39, 0.29) is 0 Å². The third-order valence-electron chi connectivity index (χ3n) is 2.25. The highest BCUT2D eigenvalue weighted by Gasteiger charge is 1.98. The van der Waals surface area contributed by atoms with Crippen molar-refractivity contribution in [3.8, 4) is 0 Å². The molecule has 15 heavy (non-hydrogen) atoms. The first-order valence-electron chi connectivity index (χ1n) is 4.96. The van der Waals surface area contributed by atoms with Gasteiger partial charge in [-0.1, -0.05) is 52.8 Å². The van der Waals surface area contributed by atoms with Crippen molar-refractivity contribution in [1.29, 1.82) is 0 Å². The first-order valence-corrected chi connectivity index (χ1v) is 6.47. The Balaban J connectivity index is 3.58. The zero-order valence-corrected chi connectivity index (χ0v) is 12.1. The zero-order chi connectivity index (χ0) is 11.8. The highest BCUT2D eigenvalue weighted by atomic mass is 35.5. The summed E-state index contributed by atoms with van der Waals surface area (Å²) < 4.78 is 0.796. The molecule has 0 saturated heterocycles. The summed E-state index contributed by atoms with van der Waals surface area (Å²) in [5.41, 5.74) is 2.11. The van der Waals surface area contributed by atoms with Crippen LogP contribution in [0, 0.1) is 0 Å². The van der Waals surface area contributed by atoms with E-state index in [2.05, 4.69) is 0 Å². The van der Waals surface area contributed by atoms with Crippen LogP contribution in [0.4, 0.5) is 0 Å². The van der Waals surface area contributed by atoms with Gasteiger partial charge in [0.2, 0.25) is 0 Å². The van der Waals surface area contributed by atoms with Crippen molar-refractivity contribution in [3.05, 3.63) is 20.1 Å². The van der Waals surface area contributed by atoms with Crippen LogP contribution in [0.3, 0.4) is 0 Å². The van der Waals surface area contributed by atoms with Crippen LogP contribution in [0.1, 0.15) is 46.0 Å². The molecule has 0 radical (unpaired) electrons. The second-order valence-corrected chi connectivity index (χ2v) is 5.54. The molecule has 0 N–H and O–H groups in total. The van der Waals surface area contributed by atoms with Crippen molar-refractivity contribution >= 4 is 46.4 Å². The van der Waals surface area contributed by atoms with Crippen molar-refractivity contribution in [2.24, 2.45) is 0 Å². The van der Waals surface area contributed by atoms with E-state index in [1.807, 2.05) is 13.8 Å². The average molecular weight is 290 g/mol. The summed E-state index contributed by atoms with van der Waals surface area (Å²) in [6, 6.07) is 0. The molecule has 0 saturated carbocycles. The van der Waals surface area contributed by atoms with E-state index in [1.54, 1.807) is 0 Å². The molecule has 0 aromatic heterocycles. The topological polar surface area (TPSA) is 0 Å². The Kier molecular flexibility index (Phi) is 9.13. The van der Waals surface area contributed by atoms with Gasteiger partial charge >= 0.3 is 0 Å². The Hall–Kier alpha value is 0.640. The van der Waals surface area contributed by atoms with Gasteiger partial charge in [-0.2, -0.15) is 0 Å². The fraction of sp³-hybridized carbons (Fsp3) is 0.636. The van der Waals surface area contributed by atoms with Crippen LogP contribution in [0.5, 0.6) is 0 Å². The van der Waals surface area contributed by atoms with E-state index in [9.17, 15) is 0 Å². The molecule has 0 aliphatic rings. The lowest BCUT2D eigenvalue weighted by Crippen LogP contribution is -1.83. The predicted molar refractivity (Wildman–Crippen MR) is 71.9 cm³/mol. The number of hydrogen-bond donors (Lipinski definition) is 0. The molecule has 0 nitrogen and oxygen atoms in total. The summed E-state index contributed by atoms with van der Waals surface area (Å²) >= 11 is 22.5. The van der Waals surface area contributed by atoms with Gasteiger partial charge < -0.3 is 0 Å². The minimum Gasteiger partial charge on any atom is -0.0710 e. The van der Waals surface area contributed by atoms with E-state index >= 15 is 0 Å². The van der Waals surface area contributed by atoms with E-state index in [0.717, 1.165) is 43.3 Å². The minimum absolute atomic E-state index is 0.398. The van der Waals surface area contributed by atoms with Gasteiger partial charge in [0.15, 0.2) is 0 Å². The highest BCUT2D eigenvalue weighted by Crippen LogP contribution is 2.22. The molecule has 0 bridgehead atoms. The van der Waals surface area contributed by atoms with E-state index in [4.69, 9.17) is 46.4 Å². The highest BCUT2D eigenvalue weighted by molar-refractivity contribution is 6.56. The van der Waals surface area contributed by atoms with Crippen LogP contribution in [0.25, 0.3) is 0 Å². The lowest BCUT2D eigenvalue weighted by molar-refractivity contribution is 0.673. The predicted octanol–water partition coefficient (Wildman–Crippen LogP) is 6.36. The van der Waals surface area contributed by atoms with Crippen LogP contribution in [-0.4, -0.2) is 0 Å². The largest absolute Gasteiger partial charge is 0.105 e. The van der Waals surface area contributed by atoms with Crippen molar-refractivity contribution in [2.45, 2.75) is 46.0 Å². The fourth-order valence-electron chi connectivity index (χ4n) is 1.15. The van der Waals surface area contributed by atoms with Gasteiger partial charge in [0, 0.05) is 0 Å². The van der Waals surface area contributed by atoms with Gasteiger partial charge in [0.05, 0.1) is 0 Å². The summed E-state index contributed by atoms with van der Waals surface area (Å²) in [4.78, 5) is 0. The lowest BCUT2D eigenvalue weighted by Gasteiger charge is -2.03. The summed E-state index contributed by atoms with van der Waals surface area (Å²) in [5.74, 6) is 0. The van der Waals surface area contributed by atoms with Gasteiger partial charge in [0.1, 0.15) is 8.98 Å². The van der Waals surface area contributed by atoms with Crippen molar-refractivity contribution in [3.63, 3.8) is 0 Å². The number of hydrogen-bond acceptors (Lipinski definition) is 0. The van der Waals surface area contributed by atoms with Crippen LogP contribution >= 0.6 is 46.4 Å². The third kappa shape index (κ3) is 8.45. The van der Waals surface area contributed by atoms with Crippen LogP contribution in [-0.2, 0) is 0 Å². The second kappa shape index (κ2) is 8.75. The summed E-state index contributed by atoms with van der Waals surface area (Å²) in [6.45, 7) is 3.91. The Labute approximate surface area is 112 Å². The van der Waals surface area contributed by atoms with Gasteiger partial charge in [-0.3, -0.25) is 0 Å². The summed E-state index contributed by atoms with van der Waals surface area (Å²) in [5, 5.41) is 0. The van der Waals surface area contributed by atoms with Gasteiger partial charge in [0.25, 0.3) is 0 Å². The summed E-state index contributed by atoms with van der Waals surface area (Å²) in [6.07, 6.45) is 5.25. The standard InChI is InChI=1S/C11H16Cl4/c1-8(10(12)13)6-4-3-5-7-9(2)11(14)15/h3-7H2,1-2H3. The Bertz CT molecular complexity index is 219. The molecule has 0 aliphatic heterocycles. The van der Waals surface area contributed by atoms with Crippen molar-refractivity contribution in [1.82, 2.24) is 0 Å². The summed E-state index contributed by atoms with van der Waals surface area (Å²) in [7, 11) is 0. The Morgan fingerprint density at radius 1 is 0.667 bits per heavy atom. The third-order valence-corrected chi connectivity index (χ3v) is 3.54. The van der Waals surface area contributed by atoms with Crippen LogP contribution < -0.4 is 0 Å². The van der Waals surface area contributed by atoms with Gasteiger partial charge in [-0.15, -0.1) is 0 Å². The first kappa shape index (κ1) is 15.6. The smallest absolute Gasteiger partial charge is 0.0710 e. The van der Waals surface area contributed by atoms with Gasteiger partial charge in [-0.25, -0.2) is 0 Å². The van der Waals surface area contributed by atoms with Crippen molar-refractivity contribution < 1.29 is 0 Å². The van der Waals surface area contributed by atoms with Crippen LogP contribution in [0.2, 0.25) is 0 Å². The molecular formula is C11H16Cl4. The molecule has 0 fully saturated rings. The minimum atomic E-state index is 0.398. The maximum atomic E-state index is 5.64. The van der Waals surface area contributed by atoms with E-state index < -0.39 is 0 Å². The molecule has 4 heteroatoms. The maximum Gasteiger partial charge on any atom is 0.105 e. The average Bonchev–Trinajstić information content (AvgIpc) is 2.16. The molecule has 0 aliphatic carbocycles. The number of halogens is 4. The molecule has 0 amide bonds. The maximum absolute atomic E-state index is 5.64. The van der Waals surface area contributed by atoms with Crippen molar-refractivity contribution in [2.75, 3.05) is 0 Å². The Morgan fingerprint density at radius 2 is 1.00 bits per heavy atom. The van der Waals surface area contributed by atoms with Gasteiger partial charge in [-0.05, 0) is 50.7 Å². The molecule has 0 unspecified atom stereocenters. The quantitative estimate of drug-likeness (QED) is 0.499. The number of allylic oxidation sites excluding steroid dienone is 2. The molecular weight excluding hydrogens is 274 g/mol. The normalized spacial score (nSPS) is 10.0. The SMILES string of the molecule is CC(CCCCCC(C)=C(Cl)Cl)=C(Cl)Cl. The number of rotatable bonds is 6. The first-order chi connectivity index (χ1) is 6.95. The molecule has 0 aromatic carbocycles. The molecule has 0 heterocycles.